The first-order valence-corrected chi connectivity index (χ1v) is 16.8. The molecule has 47 heavy (non-hydrogen) atoms. The third kappa shape index (κ3) is 7.11. The van der Waals surface area contributed by atoms with Crippen molar-refractivity contribution in [1.29, 1.82) is 5.26 Å². The highest BCUT2D eigenvalue weighted by Crippen LogP contribution is 2.46. The lowest BCUT2D eigenvalue weighted by atomic mass is 9.72. The summed E-state index contributed by atoms with van der Waals surface area (Å²) >= 11 is 1.33. The predicted octanol–water partition coefficient (Wildman–Crippen LogP) is 4.30. The van der Waals surface area contributed by atoms with Crippen LogP contribution < -0.4 is 20.9 Å². The molecule has 2 aromatic heterocycles. The van der Waals surface area contributed by atoms with Crippen LogP contribution in [0.15, 0.2) is 17.3 Å². The molecule has 2 saturated heterocycles. The van der Waals surface area contributed by atoms with Gasteiger partial charge in [-0.2, -0.15) is 5.26 Å². The van der Waals surface area contributed by atoms with Crippen LogP contribution >= 0.6 is 11.3 Å². The minimum absolute atomic E-state index is 0.152. The average molecular weight is 668 g/mol. The molecule has 4 heterocycles. The molecular weight excluding hydrogens is 622 g/mol. The number of ether oxygens (including phenoxy) is 3. The zero-order valence-electron chi connectivity index (χ0n) is 28.2. The molecule has 1 amide bonds. The number of pyridine rings is 1. The molecule has 14 heteroatoms. The second kappa shape index (κ2) is 13.2. The van der Waals surface area contributed by atoms with Gasteiger partial charge in [0.25, 0.3) is 0 Å². The van der Waals surface area contributed by atoms with Crippen molar-refractivity contribution in [3.63, 3.8) is 0 Å². The van der Waals surface area contributed by atoms with Crippen LogP contribution in [-0.2, 0) is 26.2 Å². The minimum Gasteiger partial charge on any atom is -0.486 e. The standard InChI is InChI=1S/C33H45N7O6S/c1-18-24(17-40(18)31(42)45-32(3,4)5)44-20-14-22(37-26(15-20)43-19(2)23-10-9-13-39(23)7)28(35)38-46-30(41)33(6)12-8-11-25-27(33)21(16-34)29(36)47-25/h14-15,18-19,23-24H,8-13,17,36H2,1-7H3,(H2,35,38)/t18-,19+,23+,24+,33+/m1/s1. The number of fused-ring (bicyclic) bond motifs is 1. The van der Waals surface area contributed by atoms with Gasteiger partial charge < -0.3 is 30.5 Å². The van der Waals surface area contributed by atoms with Gasteiger partial charge >= 0.3 is 12.1 Å². The summed E-state index contributed by atoms with van der Waals surface area (Å²) in [7, 11) is 2.07. The topological polar surface area (TPSA) is 179 Å². The third-order valence-electron chi connectivity index (χ3n) is 9.21. The van der Waals surface area contributed by atoms with Gasteiger partial charge in [0.05, 0.1) is 23.6 Å². The van der Waals surface area contributed by atoms with E-state index >= 15 is 0 Å². The van der Waals surface area contributed by atoms with E-state index in [9.17, 15) is 14.9 Å². The second-order valence-electron chi connectivity index (χ2n) is 13.9. The van der Waals surface area contributed by atoms with Crippen molar-refractivity contribution >= 4 is 34.2 Å². The summed E-state index contributed by atoms with van der Waals surface area (Å²) in [6, 6.07) is 5.41. The molecule has 5 atom stereocenters. The summed E-state index contributed by atoms with van der Waals surface area (Å²) in [4.78, 5) is 40.9. The molecule has 3 aliphatic rings. The number of thiophene rings is 1. The summed E-state index contributed by atoms with van der Waals surface area (Å²) in [5.74, 6) is -0.0928. The lowest BCUT2D eigenvalue weighted by Gasteiger charge is -2.45. The Balaban J connectivity index is 1.37. The van der Waals surface area contributed by atoms with Crippen molar-refractivity contribution in [2.75, 3.05) is 25.9 Å². The van der Waals surface area contributed by atoms with Crippen LogP contribution in [0.4, 0.5) is 9.80 Å². The van der Waals surface area contributed by atoms with E-state index in [1.54, 1.807) is 24.0 Å². The number of oxime groups is 1. The molecule has 0 aromatic carbocycles. The van der Waals surface area contributed by atoms with E-state index in [-0.39, 0.29) is 41.7 Å². The number of hydrogen-bond acceptors (Lipinski definition) is 12. The molecule has 0 spiro atoms. The Morgan fingerprint density at radius 3 is 2.66 bits per heavy atom. The molecule has 0 unspecified atom stereocenters. The summed E-state index contributed by atoms with van der Waals surface area (Å²) in [6.07, 6.45) is 3.16. The molecular formula is C33H45N7O6S. The number of nitriles is 1. The average Bonchev–Trinajstić information content (AvgIpc) is 3.58. The molecule has 0 saturated carbocycles. The van der Waals surface area contributed by atoms with E-state index < -0.39 is 23.1 Å². The van der Waals surface area contributed by atoms with Gasteiger partial charge in [-0.05, 0) is 87.2 Å². The first kappa shape index (κ1) is 34.3. The van der Waals surface area contributed by atoms with Crippen LogP contribution in [-0.4, -0.2) is 82.7 Å². The van der Waals surface area contributed by atoms with Gasteiger partial charge in [-0.3, -0.25) is 9.80 Å². The summed E-state index contributed by atoms with van der Waals surface area (Å²) < 4.78 is 18.1. The number of rotatable bonds is 8. The number of amides is 1. The number of likely N-dealkylation sites (tertiary alicyclic amines) is 2. The summed E-state index contributed by atoms with van der Waals surface area (Å²) in [6.45, 7) is 12.4. The monoisotopic (exact) mass is 667 g/mol. The van der Waals surface area contributed by atoms with Gasteiger partial charge in [0.1, 0.15) is 40.3 Å². The van der Waals surface area contributed by atoms with Crippen LogP contribution in [0.25, 0.3) is 0 Å². The van der Waals surface area contributed by atoms with Crippen LogP contribution in [0, 0.1) is 11.3 Å². The number of amidine groups is 1. The van der Waals surface area contributed by atoms with Crippen molar-refractivity contribution in [3.05, 3.63) is 33.8 Å². The number of nitrogens with two attached hydrogens (primary N) is 2. The lowest BCUT2D eigenvalue weighted by Crippen LogP contribution is -2.63. The largest absolute Gasteiger partial charge is 0.486 e. The number of nitrogens with zero attached hydrogens (tertiary/aromatic N) is 5. The van der Waals surface area contributed by atoms with Crippen molar-refractivity contribution in [1.82, 2.24) is 14.8 Å². The van der Waals surface area contributed by atoms with Crippen molar-refractivity contribution in [2.45, 2.75) is 109 Å². The Kier molecular flexibility index (Phi) is 9.62. The number of nitrogen functional groups attached to an aromatic ring is 1. The summed E-state index contributed by atoms with van der Waals surface area (Å²) in [5, 5.41) is 14.1. The van der Waals surface area contributed by atoms with E-state index in [0.29, 0.717) is 34.8 Å². The molecule has 13 nitrogen and oxygen atoms in total. The SMILES string of the molecule is C[C@H](Oc1cc(O[C@H]2CN(C(=O)OC(C)(C)C)[C@@H]2C)cc(/C(N)=N/OC(=O)[C@@]2(C)CCCc3sc(N)c(C#N)c32)n1)[C@@H]1CCCN1C. The highest BCUT2D eigenvalue weighted by Gasteiger charge is 2.45. The van der Waals surface area contributed by atoms with Gasteiger partial charge in [0, 0.05) is 28.6 Å². The molecule has 1 aliphatic carbocycles. The Hall–Kier alpha value is -4.09. The lowest BCUT2D eigenvalue weighted by molar-refractivity contribution is -0.150. The molecule has 2 aliphatic heterocycles. The van der Waals surface area contributed by atoms with Crippen LogP contribution in [0.5, 0.6) is 11.6 Å². The highest BCUT2D eigenvalue weighted by atomic mass is 32.1. The van der Waals surface area contributed by atoms with Crippen LogP contribution in [0.1, 0.15) is 88.9 Å². The van der Waals surface area contributed by atoms with Gasteiger partial charge in [-0.25, -0.2) is 14.6 Å². The number of carbonyl (C=O) groups excluding carboxylic acids is 2. The maximum Gasteiger partial charge on any atom is 0.410 e. The molecule has 5 rings (SSSR count). The van der Waals surface area contributed by atoms with E-state index in [1.165, 1.54) is 11.3 Å². The summed E-state index contributed by atoms with van der Waals surface area (Å²) in [5.41, 5.74) is 11.9. The van der Waals surface area contributed by atoms with Crippen molar-refractivity contribution < 1.29 is 28.6 Å². The first-order valence-electron chi connectivity index (χ1n) is 16.0. The van der Waals surface area contributed by atoms with Crippen LogP contribution in [0.2, 0.25) is 0 Å². The predicted molar refractivity (Wildman–Crippen MR) is 177 cm³/mol. The molecule has 0 bridgehead atoms. The quantitative estimate of drug-likeness (QED) is 0.177. The Morgan fingerprint density at radius 1 is 1.28 bits per heavy atom. The Bertz CT molecular complexity index is 1600. The van der Waals surface area contributed by atoms with Crippen LogP contribution in [0.3, 0.4) is 0 Å². The molecule has 2 fully saturated rings. The normalized spacial score (nSPS) is 25.3. The molecule has 4 N–H and O–H groups in total. The smallest absolute Gasteiger partial charge is 0.410 e. The number of aryl methyl sites for hydroxylation is 1. The molecule has 0 radical (unpaired) electrons. The fraction of sp³-hybridized carbons (Fsp3) is 0.606. The minimum atomic E-state index is -1.10. The van der Waals surface area contributed by atoms with Crippen molar-refractivity contribution in [3.8, 4) is 17.7 Å². The van der Waals surface area contributed by atoms with E-state index in [2.05, 4.69) is 28.2 Å². The Labute approximate surface area is 279 Å². The second-order valence-corrected chi connectivity index (χ2v) is 15.0. The Morgan fingerprint density at radius 2 is 2.02 bits per heavy atom. The zero-order valence-corrected chi connectivity index (χ0v) is 29.0. The van der Waals surface area contributed by atoms with Gasteiger partial charge in [-0.1, -0.05) is 5.16 Å². The molecule has 2 aromatic rings. The maximum absolute atomic E-state index is 13.5. The fourth-order valence-electron chi connectivity index (χ4n) is 6.52. The number of anilines is 1. The number of likely N-dealkylation sites (N-methyl/N-ethyl adjacent to an activating group) is 1. The first-order chi connectivity index (χ1) is 22.1. The number of aromatic nitrogens is 1. The van der Waals surface area contributed by atoms with Gasteiger partial charge in [-0.15, -0.1) is 11.3 Å². The van der Waals surface area contributed by atoms with Gasteiger partial charge in [0.15, 0.2) is 5.84 Å². The van der Waals surface area contributed by atoms with E-state index in [0.717, 1.165) is 37.1 Å². The van der Waals surface area contributed by atoms with Crippen molar-refractivity contribution in [2.24, 2.45) is 10.9 Å². The molecule has 254 valence electrons. The number of hydrogen-bond donors (Lipinski definition) is 2. The van der Waals surface area contributed by atoms with Gasteiger partial charge in [0.2, 0.25) is 5.88 Å². The number of carbonyl (C=O) groups is 2. The highest BCUT2D eigenvalue weighted by molar-refractivity contribution is 7.16. The maximum atomic E-state index is 13.5. The zero-order chi connectivity index (χ0) is 34.3. The van der Waals surface area contributed by atoms with E-state index in [4.69, 9.17) is 30.5 Å². The third-order valence-corrected chi connectivity index (χ3v) is 10.3. The van der Waals surface area contributed by atoms with E-state index in [1.807, 2.05) is 34.6 Å². The fourth-order valence-corrected chi connectivity index (χ4v) is 7.72.